The summed E-state index contributed by atoms with van der Waals surface area (Å²) in [4.78, 5) is 20.9. The second kappa shape index (κ2) is 7.86. The molecule has 30 heavy (non-hydrogen) atoms. The Kier molecular flexibility index (Phi) is 4.91. The molecule has 4 heterocycles. The molecule has 0 unspecified atom stereocenters. The predicted molar refractivity (Wildman–Crippen MR) is 109 cm³/mol. The second-order valence-corrected chi connectivity index (χ2v) is 7.58. The average Bonchev–Trinajstić information content (AvgIpc) is 3.46. The van der Waals surface area contributed by atoms with Crippen LogP contribution in [0, 0.1) is 5.82 Å². The van der Waals surface area contributed by atoms with E-state index in [0.29, 0.717) is 30.7 Å². The molecule has 0 radical (unpaired) electrons. The molecule has 1 saturated carbocycles. The van der Waals surface area contributed by atoms with E-state index < -0.39 is 11.7 Å². The van der Waals surface area contributed by atoms with E-state index in [1.807, 2.05) is 6.07 Å². The van der Waals surface area contributed by atoms with E-state index in [1.165, 1.54) is 23.0 Å². The number of aromatic nitrogens is 4. The van der Waals surface area contributed by atoms with Gasteiger partial charge in [0, 0.05) is 37.6 Å². The first-order valence-electron chi connectivity index (χ1n) is 10.1. The van der Waals surface area contributed by atoms with Gasteiger partial charge >= 0.3 is 0 Å². The molecule has 3 aromatic rings. The Morgan fingerprint density at radius 1 is 1.10 bits per heavy atom. The number of ether oxygens (including phenoxy) is 1. The number of amides is 1. The number of nitrogens with zero attached hydrogens (tertiary/aromatic N) is 4. The van der Waals surface area contributed by atoms with Crippen LogP contribution < -0.4 is 16.0 Å². The highest BCUT2D eigenvalue weighted by Gasteiger charge is 2.25. The first kappa shape index (κ1) is 18.7. The zero-order valence-electron chi connectivity index (χ0n) is 16.3. The number of pyridine rings is 1. The lowest BCUT2D eigenvalue weighted by molar-refractivity contribution is 0.0903. The Morgan fingerprint density at radius 3 is 2.67 bits per heavy atom. The molecule has 1 saturated heterocycles. The van der Waals surface area contributed by atoms with Crippen LogP contribution >= 0.6 is 0 Å². The molecule has 0 bridgehead atoms. The van der Waals surface area contributed by atoms with Gasteiger partial charge < -0.3 is 20.7 Å². The van der Waals surface area contributed by atoms with Gasteiger partial charge in [-0.3, -0.25) is 9.78 Å². The number of anilines is 3. The van der Waals surface area contributed by atoms with E-state index in [-0.39, 0.29) is 17.4 Å². The summed E-state index contributed by atoms with van der Waals surface area (Å²) in [5.41, 5.74) is 1.64. The second-order valence-electron chi connectivity index (χ2n) is 7.58. The summed E-state index contributed by atoms with van der Waals surface area (Å²) in [6.07, 6.45) is 7.91. The maximum absolute atomic E-state index is 13.9. The molecule has 3 aromatic heterocycles. The van der Waals surface area contributed by atoms with Crippen LogP contribution in [0.4, 0.5) is 21.6 Å². The van der Waals surface area contributed by atoms with Crippen molar-refractivity contribution in [2.75, 3.05) is 29.2 Å². The third-order valence-corrected chi connectivity index (χ3v) is 5.23. The van der Waals surface area contributed by atoms with E-state index >= 15 is 0 Å². The largest absolute Gasteiger partial charge is 0.381 e. The Labute approximate surface area is 172 Å². The number of imidazole rings is 1. The summed E-state index contributed by atoms with van der Waals surface area (Å²) >= 11 is 0. The van der Waals surface area contributed by atoms with E-state index in [0.717, 1.165) is 37.6 Å². The lowest BCUT2D eigenvalue weighted by Crippen LogP contribution is -2.28. The van der Waals surface area contributed by atoms with Crippen molar-refractivity contribution in [2.24, 2.45) is 0 Å². The minimum Gasteiger partial charge on any atom is -0.381 e. The quantitative estimate of drug-likeness (QED) is 0.573. The lowest BCUT2D eigenvalue weighted by atomic mass is 10.1. The topological polar surface area (TPSA) is 105 Å². The molecule has 9 nitrogen and oxygen atoms in total. The maximum atomic E-state index is 13.9. The van der Waals surface area contributed by atoms with E-state index in [1.54, 1.807) is 0 Å². The van der Waals surface area contributed by atoms with Crippen LogP contribution in [-0.2, 0) is 4.74 Å². The molecule has 1 amide bonds. The van der Waals surface area contributed by atoms with Crippen LogP contribution in [-0.4, -0.2) is 50.8 Å². The minimum absolute atomic E-state index is 0.0535. The first-order valence-corrected chi connectivity index (χ1v) is 10.1. The molecule has 156 valence electrons. The molecule has 3 N–H and O–H groups in total. The molecular weight excluding hydrogens is 389 g/mol. The summed E-state index contributed by atoms with van der Waals surface area (Å²) in [6, 6.07) is 4.00. The Bertz CT molecular complexity index is 1080. The van der Waals surface area contributed by atoms with Crippen molar-refractivity contribution in [3.63, 3.8) is 0 Å². The van der Waals surface area contributed by atoms with Crippen molar-refractivity contribution in [1.82, 2.24) is 19.6 Å². The smallest absolute Gasteiger partial charge is 0.276 e. The van der Waals surface area contributed by atoms with Gasteiger partial charge in [0.25, 0.3) is 5.91 Å². The van der Waals surface area contributed by atoms with Gasteiger partial charge in [-0.1, -0.05) is 0 Å². The number of carbonyl (C=O) groups excluding carboxylic acids is 1. The summed E-state index contributed by atoms with van der Waals surface area (Å²) in [6.45, 7) is 1.42. The number of nitrogens with one attached hydrogen (secondary N) is 3. The Morgan fingerprint density at radius 2 is 1.90 bits per heavy atom. The zero-order chi connectivity index (χ0) is 20.5. The fourth-order valence-corrected chi connectivity index (χ4v) is 3.46. The highest BCUT2D eigenvalue weighted by atomic mass is 19.1. The van der Waals surface area contributed by atoms with Crippen LogP contribution in [0.1, 0.15) is 36.2 Å². The monoisotopic (exact) mass is 411 g/mol. The van der Waals surface area contributed by atoms with Crippen LogP contribution in [0.25, 0.3) is 5.65 Å². The zero-order valence-corrected chi connectivity index (χ0v) is 16.3. The predicted octanol–water partition coefficient (Wildman–Crippen LogP) is 2.68. The molecule has 2 aliphatic rings. The maximum Gasteiger partial charge on any atom is 0.276 e. The normalized spacial score (nSPS) is 17.1. The van der Waals surface area contributed by atoms with Crippen molar-refractivity contribution in [3.05, 3.63) is 42.2 Å². The van der Waals surface area contributed by atoms with E-state index in [4.69, 9.17) is 4.74 Å². The van der Waals surface area contributed by atoms with Gasteiger partial charge in [-0.05, 0) is 31.7 Å². The molecule has 2 fully saturated rings. The minimum atomic E-state index is -0.606. The molecule has 5 rings (SSSR count). The van der Waals surface area contributed by atoms with Crippen LogP contribution in [0.5, 0.6) is 0 Å². The van der Waals surface area contributed by atoms with E-state index in [2.05, 4.69) is 31.0 Å². The molecule has 10 heteroatoms. The SMILES string of the molecule is O=C(Nc1ccncc1F)c1cnc2c(NC3CC3)cc(NC3CCOCC3)nn12. The number of hydrogen-bond donors (Lipinski definition) is 3. The first-order chi connectivity index (χ1) is 14.7. The van der Waals surface area contributed by atoms with E-state index in [9.17, 15) is 9.18 Å². The molecule has 0 atom stereocenters. The van der Waals surface area contributed by atoms with Crippen molar-refractivity contribution in [2.45, 2.75) is 37.8 Å². The highest BCUT2D eigenvalue weighted by Crippen LogP contribution is 2.29. The summed E-state index contributed by atoms with van der Waals surface area (Å²) < 4.78 is 20.8. The molecule has 0 aromatic carbocycles. The molecular formula is C20H22FN7O2. The van der Waals surface area contributed by atoms with Crippen LogP contribution in [0.15, 0.2) is 30.7 Å². The van der Waals surface area contributed by atoms with Gasteiger partial charge in [0.1, 0.15) is 5.82 Å². The molecule has 0 spiro atoms. The number of rotatable bonds is 6. The van der Waals surface area contributed by atoms with Crippen LogP contribution in [0.2, 0.25) is 0 Å². The third kappa shape index (κ3) is 3.90. The van der Waals surface area contributed by atoms with Crippen molar-refractivity contribution in [3.8, 4) is 0 Å². The van der Waals surface area contributed by atoms with Crippen LogP contribution in [0.3, 0.4) is 0 Å². The highest BCUT2D eigenvalue weighted by molar-refractivity contribution is 6.03. The summed E-state index contributed by atoms with van der Waals surface area (Å²) in [5, 5.41) is 14.1. The number of fused-ring (bicyclic) bond motifs is 1. The van der Waals surface area contributed by atoms with Crippen molar-refractivity contribution < 1.29 is 13.9 Å². The average molecular weight is 411 g/mol. The number of hydrogen-bond acceptors (Lipinski definition) is 7. The fourth-order valence-electron chi connectivity index (χ4n) is 3.46. The Hall–Kier alpha value is -3.27. The van der Waals surface area contributed by atoms with Gasteiger partial charge in [0.15, 0.2) is 17.2 Å². The molecule has 1 aliphatic carbocycles. The lowest BCUT2D eigenvalue weighted by Gasteiger charge is -2.24. The van der Waals surface area contributed by atoms with Gasteiger partial charge in [-0.15, -0.1) is 5.10 Å². The number of carbonyl (C=O) groups is 1. The third-order valence-electron chi connectivity index (χ3n) is 5.23. The number of halogens is 1. The standard InChI is InChI=1S/C20H22FN7O2/c21-14-10-22-6-3-15(14)26-20(29)17-11-23-19-16(24-12-1-2-12)9-18(27-28(17)19)25-13-4-7-30-8-5-13/h3,6,9-13,24H,1-2,4-5,7-8H2,(H,25,27)(H,22,26,29). The van der Waals surface area contributed by atoms with Gasteiger partial charge in [-0.2, -0.15) is 0 Å². The van der Waals surface area contributed by atoms with Gasteiger partial charge in [0.05, 0.1) is 23.8 Å². The fraction of sp³-hybridized carbons (Fsp3) is 0.400. The van der Waals surface area contributed by atoms with Crippen molar-refractivity contribution in [1.29, 1.82) is 0 Å². The molecule has 1 aliphatic heterocycles. The summed E-state index contributed by atoms with van der Waals surface area (Å²) in [5.74, 6) is -0.453. The van der Waals surface area contributed by atoms with Crippen molar-refractivity contribution >= 4 is 28.7 Å². The summed E-state index contributed by atoms with van der Waals surface area (Å²) in [7, 11) is 0. The van der Waals surface area contributed by atoms with Gasteiger partial charge in [-0.25, -0.2) is 13.9 Å². The van der Waals surface area contributed by atoms with Gasteiger partial charge in [0.2, 0.25) is 0 Å². The Balaban J connectivity index is 1.48.